The third kappa shape index (κ3) is 5.01. The maximum absolute atomic E-state index is 12.8. The Morgan fingerprint density at radius 1 is 1.35 bits per heavy atom. The zero-order chi connectivity index (χ0) is 19.3. The fourth-order valence-corrected chi connectivity index (χ4v) is 4.90. The van der Waals surface area contributed by atoms with E-state index in [2.05, 4.69) is 0 Å². The van der Waals surface area contributed by atoms with Crippen molar-refractivity contribution in [1.82, 2.24) is 4.31 Å². The van der Waals surface area contributed by atoms with E-state index in [0.717, 1.165) is 6.42 Å². The summed E-state index contributed by atoms with van der Waals surface area (Å²) in [5, 5.41) is 28.8. The van der Waals surface area contributed by atoms with E-state index in [0.29, 0.717) is 19.3 Å². The number of rotatable bonds is 9. The van der Waals surface area contributed by atoms with Crippen LogP contribution < -0.4 is 5.73 Å². The summed E-state index contributed by atoms with van der Waals surface area (Å²) in [6, 6.07) is 5.14. The van der Waals surface area contributed by atoms with Crippen molar-refractivity contribution in [3.8, 4) is 0 Å². The maximum Gasteiger partial charge on any atom is 0.451 e. The first-order chi connectivity index (χ1) is 12.2. The SMILES string of the molecule is NC(CCCCB(O)O)C1CCN(S(=O)(=O)c2ccccc2[N+](=O)[O-])C1. The van der Waals surface area contributed by atoms with Crippen LogP contribution in [0.15, 0.2) is 29.2 Å². The van der Waals surface area contributed by atoms with Gasteiger partial charge < -0.3 is 15.8 Å². The molecule has 0 saturated carbocycles. The molecule has 1 aromatic carbocycles. The minimum absolute atomic E-state index is 0.0217. The second-order valence-corrected chi connectivity index (χ2v) is 8.47. The number of hydrogen-bond acceptors (Lipinski definition) is 7. The van der Waals surface area contributed by atoms with E-state index in [1.165, 1.54) is 28.6 Å². The molecule has 144 valence electrons. The molecule has 0 radical (unpaired) electrons. The smallest absolute Gasteiger partial charge is 0.427 e. The summed E-state index contributed by atoms with van der Waals surface area (Å²) < 4.78 is 26.8. The van der Waals surface area contributed by atoms with Gasteiger partial charge in [-0.05, 0) is 31.1 Å². The lowest BCUT2D eigenvalue weighted by Crippen LogP contribution is -2.35. The summed E-state index contributed by atoms with van der Waals surface area (Å²) in [6.45, 7) is 0.514. The van der Waals surface area contributed by atoms with Gasteiger partial charge in [0, 0.05) is 25.2 Å². The Balaban J connectivity index is 2.00. The van der Waals surface area contributed by atoms with E-state index in [9.17, 15) is 18.5 Å². The highest BCUT2D eigenvalue weighted by Crippen LogP contribution is 2.31. The molecule has 9 nitrogen and oxygen atoms in total. The summed E-state index contributed by atoms with van der Waals surface area (Å²) in [7, 11) is -5.27. The molecule has 0 aliphatic carbocycles. The molecule has 2 rings (SSSR count). The minimum atomic E-state index is -3.95. The normalized spacial score (nSPS) is 19.4. The van der Waals surface area contributed by atoms with Gasteiger partial charge in [-0.1, -0.05) is 25.0 Å². The van der Waals surface area contributed by atoms with Crippen molar-refractivity contribution in [2.75, 3.05) is 13.1 Å². The van der Waals surface area contributed by atoms with Crippen LogP contribution in [0.1, 0.15) is 25.7 Å². The van der Waals surface area contributed by atoms with Crippen LogP contribution in [0, 0.1) is 16.0 Å². The van der Waals surface area contributed by atoms with E-state index in [1.807, 2.05) is 0 Å². The number of unbranched alkanes of at least 4 members (excludes halogenated alkanes) is 1. The number of benzene rings is 1. The molecule has 1 aliphatic rings. The first kappa shape index (κ1) is 20.8. The molecular formula is C15H24BN3O6S. The molecule has 0 bridgehead atoms. The molecule has 0 amide bonds. The lowest BCUT2D eigenvalue weighted by Gasteiger charge is -2.20. The number of nitrogens with two attached hydrogens (primary N) is 1. The zero-order valence-electron chi connectivity index (χ0n) is 14.4. The van der Waals surface area contributed by atoms with Crippen LogP contribution in [-0.4, -0.2) is 53.9 Å². The third-order valence-electron chi connectivity index (χ3n) is 4.72. The van der Waals surface area contributed by atoms with Crippen molar-refractivity contribution in [3.63, 3.8) is 0 Å². The Hall–Kier alpha value is -1.53. The molecular weight excluding hydrogens is 361 g/mol. The summed E-state index contributed by atoms with van der Waals surface area (Å²) in [5.74, 6) is -0.0217. The van der Waals surface area contributed by atoms with Crippen LogP contribution in [0.4, 0.5) is 5.69 Å². The number of hydrogen-bond donors (Lipinski definition) is 3. The van der Waals surface area contributed by atoms with Crippen molar-refractivity contribution in [3.05, 3.63) is 34.4 Å². The van der Waals surface area contributed by atoms with E-state index in [4.69, 9.17) is 15.8 Å². The van der Waals surface area contributed by atoms with Crippen molar-refractivity contribution in [2.45, 2.75) is 42.9 Å². The summed E-state index contributed by atoms with van der Waals surface area (Å²) >= 11 is 0. The van der Waals surface area contributed by atoms with Crippen LogP contribution >= 0.6 is 0 Å². The van der Waals surface area contributed by atoms with Gasteiger partial charge in [0.1, 0.15) is 0 Å². The first-order valence-electron chi connectivity index (χ1n) is 8.58. The summed E-state index contributed by atoms with van der Waals surface area (Å²) in [6.07, 6.45) is 2.92. The molecule has 2 atom stereocenters. The molecule has 1 heterocycles. The molecule has 1 aliphatic heterocycles. The molecule has 26 heavy (non-hydrogen) atoms. The average Bonchev–Trinajstić information content (AvgIpc) is 3.09. The lowest BCUT2D eigenvalue weighted by molar-refractivity contribution is -0.387. The highest BCUT2D eigenvalue weighted by atomic mass is 32.2. The average molecular weight is 385 g/mol. The van der Waals surface area contributed by atoms with E-state index >= 15 is 0 Å². The zero-order valence-corrected chi connectivity index (χ0v) is 15.2. The first-order valence-corrected chi connectivity index (χ1v) is 10.0. The number of para-hydroxylation sites is 1. The summed E-state index contributed by atoms with van der Waals surface area (Å²) in [5.41, 5.74) is 5.74. The van der Waals surface area contributed by atoms with Gasteiger partial charge in [-0.15, -0.1) is 0 Å². The van der Waals surface area contributed by atoms with Gasteiger partial charge >= 0.3 is 7.12 Å². The molecule has 4 N–H and O–H groups in total. The Bertz CT molecular complexity index is 730. The van der Waals surface area contributed by atoms with Crippen LogP contribution in [0.2, 0.25) is 6.32 Å². The number of nitro groups is 1. The second kappa shape index (κ2) is 8.91. The quantitative estimate of drug-likeness (QED) is 0.244. The molecule has 0 aromatic heterocycles. The van der Waals surface area contributed by atoms with Gasteiger partial charge in [0.05, 0.1) is 4.92 Å². The molecule has 11 heteroatoms. The Labute approximate surface area is 153 Å². The number of nitrogens with zero attached hydrogens (tertiary/aromatic N) is 2. The lowest BCUT2D eigenvalue weighted by atomic mass is 9.82. The van der Waals surface area contributed by atoms with Crippen LogP contribution in [0.25, 0.3) is 0 Å². The molecule has 2 unspecified atom stereocenters. The Morgan fingerprint density at radius 3 is 2.69 bits per heavy atom. The van der Waals surface area contributed by atoms with Crippen molar-refractivity contribution in [2.24, 2.45) is 11.7 Å². The monoisotopic (exact) mass is 385 g/mol. The summed E-state index contributed by atoms with van der Waals surface area (Å²) in [4.78, 5) is 10.1. The standard InChI is InChI=1S/C15H24BN3O6S/c17-13(5-3-4-9-16(20)21)12-8-10-18(11-12)26(24,25)15-7-2-1-6-14(15)19(22)23/h1-2,6-7,12-13,20-21H,3-5,8-11,17H2. The number of nitro benzene ring substituents is 1. The highest BCUT2D eigenvalue weighted by Gasteiger charge is 2.37. The molecule has 0 spiro atoms. The largest absolute Gasteiger partial charge is 0.451 e. The minimum Gasteiger partial charge on any atom is -0.427 e. The fourth-order valence-electron chi connectivity index (χ4n) is 3.23. The predicted molar refractivity (Wildman–Crippen MR) is 96.8 cm³/mol. The third-order valence-corrected chi connectivity index (χ3v) is 6.64. The van der Waals surface area contributed by atoms with Crippen LogP contribution in [0.3, 0.4) is 0 Å². The molecule has 1 saturated heterocycles. The van der Waals surface area contributed by atoms with Crippen LogP contribution in [-0.2, 0) is 10.0 Å². The van der Waals surface area contributed by atoms with Crippen LogP contribution in [0.5, 0.6) is 0 Å². The van der Waals surface area contributed by atoms with Gasteiger partial charge in [0.15, 0.2) is 4.90 Å². The molecule has 1 fully saturated rings. The maximum atomic E-state index is 12.8. The van der Waals surface area contributed by atoms with Gasteiger partial charge in [-0.25, -0.2) is 8.42 Å². The van der Waals surface area contributed by atoms with E-state index < -0.39 is 27.8 Å². The topological polar surface area (TPSA) is 147 Å². The Morgan fingerprint density at radius 2 is 2.04 bits per heavy atom. The second-order valence-electron chi connectivity index (χ2n) is 6.57. The number of sulfonamides is 1. The van der Waals surface area contributed by atoms with Gasteiger partial charge in [-0.3, -0.25) is 10.1 Å². The van der Waals surface area contributed by atoms with E-state index in [-0.39, 0.29) is 36.3 Å². The van der Waals surface area contributed by atoms with Gasteiger partial charge in [-0.2, -0.15) is 4.31 Å². The fraction of sp³-hybridized carbons (Fsp3) is 0.600. The van der Waals surface area contributed by atoms with Gasteiger partial charge in [0.25, 0.3) is 5.69 Å². The molecule has 1 aromatic rings. The van der Waals surface area contributed by atoms with Crippen molar-refractivity contribution < 1.29 is 23.4 Å². The van der Waals surface area contributed by atoms with E-state index in [1.54, 1.807) is 0 Å². The predicted octanol–water partition coefficient (Wildman–Crippen LogP) is 0.576. The Kier molecular flexibility index (Phi) is 7.12. The highest BCUT2D eigenvalue weighted by molar-refractivity contribution is 7.89. The van der Waals surface area contributed by atoms with Crippen molar-refractivity contribution in [1.29, 1.82) is 0 Å². The van der Waals surface area contributed by atoms with Gasteiger partial charge in [0.2, 0.25) is 10.0 Å². The van der Waals surface area contributed by atoms with Crippen molar-refractivity contribution >= 4 is 22.8 Å².